The van der Waals surface area contributed by atoms with Crippen LogP contribution in [0.15, 0.2) is 97.2 Å². The minimum Gasteiger partial charge on any atom is -0.479 e. The van der Waals surface area contributed by atoms with E-state index in [0.717, 1.165) is 109 Å². The summed E-state index contributed by atoms with van der Waals surface area (Å²) in [6.07, 6.45) is 62.6. The number of unbranched alkanes of at least 4 members (excludes halogenated alkanes) is 25. The van der Waals surface area contributed by atoms with E-state index in [9.17, 15) is 34.5 Å². The number of allylic oxidation sites excluding steroid dienone is 15. The fourth-order valence-electron chi connectivity index (χ4n) is 9.34. The Labute approximate surface area is 492 Å². The first kappa shape index (κ1) is 74.7. The monoisotopic (exact) mass is 1130 g/mol. The number of rotatable bonds is 54. The zero-order valence-corrected chi connectivity index (χ0v) is 51.0. The topological polar surface area (TPSA) is 175 Å². The van der Waals surface area contributed by atoms with Crippen molar-refractivity contribution in [3.63, 3.8) is 0 Å². The van der Waals surface area contributed by atoms with Gasteiger partial charge in [0.15, 0.2) is 24.6 Å². The van der Waals surface area contributed by atoms with E-state index in [4.69, 9.17) is 23.7 Å². The molecule has 0 aromatic carbocycles. The highest BCUT2D eigenvalue weighted by atomic mass is 16.7. The Kier molecular flexibility index (Phi) is 51.7. The Morgan fingerprint density at radius 1 is 0.432 bits per heavy atom. The number of carboxylic acids is 1. The molecule has 1 aliphatic rings. The predicted molar refractivity (Wildman–Crippen MR) is 331 cm³/mol. The Morgan fingerprint density at radius 2 is 0.815 bits per heavy atom. The van der Waals surface area contributed by atoms with Gasteiger partial charge in [-0.3, -0.25) is 14.4 Å². The largest absolute Gasteiger partial charge is 0.479 e. The van der Waals surface area contributed by atoms with Gasteiger partial charge in [0.2, 0.25) is 0 Å². The van der Waals surface area contributed by atoms with E-state index >= 15 is 0 Å². The van der Waals surface area contributed by atoms with E-state index in [2.05, 4.69) is 93.7 Å². The minimum absolute atomic E-state index is 0.139. The first-order valence-electron chi connectivity index (χ1n) is 32.2. The summed E-state index contributed by atoms with van der Waals surface area (Å²) < 4.78 is 28.4. The van der Waals surface area contributed by atoms with Crippen LogP contribution in [0.3, 0.4) is 0 Å². The maximum absolute atomic E-state index is 13.2. The van der Waals surface area contributed by atoms with Gasteiger partial charge in [0.05, 0.1) is 13.0 Å². The van der Waals surface area contributed by atoms with Crippen molar-refractivity contribution in [3.8, 4) is 0 Å². The second kappa shape index (κ2) is 56.1. The smallest absolute Gasteiger partial charge is 0.335 e. The molecule has 0 saturated carbocycles. The van der Waals surface area contributed by atoms with Crippen molar-refractivity contribution in [2.75, 3.05) is 13.2 Å². The molecule has 0 amide bonds. The van der Waals surface area contributed by atoms with Crippen molar-refractivity contribution < 1.29 is 58.2 Å². The summed E-state index contributed by atoms with van der Waals surface area (Å²) in [5.41, 5.74) is 0. The molecule has 1 aliphatic heterocycles. The zero-order valence-electron chi connectivity index (χ0n) is 51.0. The standard InChI is InChI=1S/C69H114O12/c1-4-7-10-13-16-19-22-25-28-30-31-33-35-37-40-43-46-49-52-55-61(70)77-58-60(79-62(71)56-53-50-47-44-41-39-36-32-29-26-23-20-17-14-11-8-5-2)59-78-69-67(65(74)64(73)66(81-69)68(75)76)80-63(72)57-54-51-48-45-42-38-34-27-24-21-18-15-12-9-6-3/h8-9,11-12,17-18,20-21,26-27,29,34,42,45,51,54,60,64-67,69,73-74H,4-7,10,13-16,19,22-25,28,30-33,35-41,43-44,46-50,52-53,55-59H2,1-3H3,(H,75,76)/b11-8-,12-9-,20-17-,21-18-,29-26-,34-27-,45-42-,54-51-. The third-order valence-corrected chi connectivity index (χ3v) is 14.2. The van der Waals surface area contributed by atoms with Crippen LogP contribution in [-0.2, 0) is 42.9 Å². The van der Waals surface area contributed by atoms with Crippen LogP contribution in [0.2, 0.25) is 0 Å². The predicted octanol–water partition coefficient (Wildman–Crippen LogP) is 17.2. The lowest BCUT2D eigenvalue weighted by molar-refractivity contribution is -0.301. The molecule has 1 saturated heterocycles. The van der Waals surface area contributed by atoms with Crippen LogP contribution in [0.1, 0.15) is 265 Å². The molecular formula is C69H114O12. The summed E-state index contributed by atoms with van der Waals surface area (Å²) in [5.74, 6) is -3.29. The zero-order chi connectivity index (χ0) is 58.9. The third-order valence-electron chi connectivity index (χ3n) is 14.2. The molecule has 0 aromatic heterocycles. The van der Waals surface area contributed by atoms with E-state index in [-0.39, 0.29) is 25.9 Å². The first-order valence-corrected chi connectivity index (χ1v) is 32.2. The highest BCUT2D eigenvalue weighted by molar-refractivity contribution is 5.74. The number of hydrogen-bond donors (Lipinski definition) is 3. The van der Waals surface area contributed by atoms with Crippen molar-refractivity contribution in [1.29, 1.82) is 0 Å². The number of esters is 3. The van der Waals surface area contributed by atoms with Gasteiger partial charge < -0.3 is 39.0 Å². The van der Waals surface area contributed by atoms with Gasteiger partial charge in [-0.05, 0) is 77.0 Å². The van der Waals surface area contributed by atoms with Crippen molar-refractivity contribution in [2.24, 2.45) is 0 Å². The summed E-state index contributed by atoms with van der Waals surface area (Å²) in [5, 5.41) is 31.5. The molecule has 0 aromatic rings. The van der Waals surface area contributed by atoms with Crippen LogP contribution in [0.5, 0.6) is 0 Å². The molecule has 3 N–H and O–H groups in total. The molecular weight excluding hydrogens is 1020 g/mol. The lowest BCUT2D eigenvalue weighted by atomic mass is 9.98. The number of hydrogen-bond acceptors (Lipinski definition) is 11. The summed E-state index contributed by atoms with van der Waals surface area (Å²) in [4.78, 5) is 51.2. The first-order chi connectivity index (χ1) is 39.6. The van der Waals surface area contributed by atoms with Crippen molar-refractivity contribution in [3.05, 3.63) is 97.2 Å². The molecule has 462 valence electrons. The maximum atomic E-state index is 13.2. The Hall–Kier alpha value is -4.36. The highest BCUT2D eigenvalue weighted by Crippen LogP contribution is 2.26. The van der Waals surface area contributed by atoms with Gasteiger partial charge in [-0.15, -0.1) is 0 Å². The summed E-state index contributed by atoms with van der Waals surface area (Å²) in [6.45, 7) is 5.75. The quantitative estimate of drug-likeness (QED) is 0.0228. The van der Waals surface area contributed by atoms with Crippen LogP contribution in [-0.4, -0.2) is 89.2 Å². The molecule has 1 heterocycles. The lowest BCUT2D eigenvalue weighted by Gasteiger charge is -2.40. The summed E-state index contributed by atoms with van der Waals surface area (Å²) in [7, 11) is 0. The minimum atomic E-state index is -1.94. The number of carbonyl (C=O) groups is 4. The number of carbonyl (C=O) groups excluding carboxylic acids is 3. The maximum Gasteiger partial charge on any atom is 0.335 e. The molecule has 12 heteroatoms. The van der Waals surface area contributed by atoms with Crippen LogP contribution in [0.4, 0.5) is 0 Å². The van der Waals surface area contributed by atoms with Gasteiger partial charge in [0.25, 0.3) is 0 Å². The molecule has 1 fully saturated rings. The van der Waals surface area contributed by atoms with E-state index in [1.807, 2.05) is 12.2 Å². The number of aliphatic hydroxyl groups excluding tert-OH is 2. The molecule has 6 unspecified atom stereocenters. The second-order valence-corrected chi connectivity index (χ2v) is 21.7. The molecule has 12 nitrogen and oxygen atoms in total. The van der Waals surface area contributed by atoms with Crippen molar-refractivity contribution in [2.45, 2.75) is 302 Å². The van der Waals surface area contributed by atoms with E-state index in [1.54, 1.807) is 12.2 Å². The number of ether oxygens (including phenoxy) is 5. The van der Waals surface area contributed by atoms with E-state index < -0.39 is 67.3 Å². The molecule has 0 radical (unpaired) electrons. The van der Waals surface area contributed by atoms with E-state index in [0.29, 0.717) is 19.3 Å². The van der Waals surface area contributed by atoms with Gasteiger partial charge in [0.1, 0.15) is 18.8 Å². The molecule has 0 spiro atoms. The second-order valence-electron chi connectivity index (χ2n) is 21.7. The van der Waals surface area contributed by atoms with Crippen molar-refractivity contribution >= 4 is 23.9 Å². The molecule has 0 bridgehead atoms. The Bertz CT molecular complexity index is 1780. The van der Waals surface area contributed by atoms with Crippen LogP contribution >= 0.6 is 0 Å². The third kappa shape index (κ3) is 45.8. The Balaban J connectivity index is 2.70. The number of carboxylic acid groups (broad SMARTS) is 1. The van der Waals surface area contributed by atoms with Crippen LogP contribution in [0.25, 0.3) is 0 Å². The molecule has 6 atom stereocenters. The normalized spacial score (nSPS) is 18.4. The van der Waals surface area contributed by atoms with Gasteiger partial charge in [-0.1, -0.05) is 266 Å². The lowest BCUT2D eigenvalue weighted by Crippen LogP contribution is -2.61. The average molecular weight is 1140 g/mol. The van der Waals surface area contributed by atoms with Gasteiger partial charge in [-0.25, -0.2) is 4.79 Å². The number of aliphatic carboxylic acids is 1. The highest BCUT2D eigenvalue weighted by Gasteiger charge is 2.50. The average Bonchev–Trinajstić information content (AvgIpc) is 3.53. The van der Waals surface area contributed by atoms with Crippen LogP contribution in [0, 0.1) is 0 Å². The summed E-state index contributed by atoms with van der Waals surface area (Å²) in [6, 6.07) is 0. The Morgan fingerprint density at radius 3 is 1.25 bits per heavy atom. The SMILES string of the molecule is CC/C=C\C/C=C\C/C=C\C/C=C\C/C=C\CC(=O)OC1C(OCC(COC(=O)CCCCCCCCCCCCCCCCCCCCC)OC(=O)CCCCCCCCC/C=C\C/C=C\C/C=C\CC)OC(C(=O)O)C(O)C1O. The summed E-state index contributed by atoms with van der Waals surface area (Å²) >= 11 is 0. The molecule has 81 heavy (non-hydrogen) atoms. The fourth-order valence-corrected chi connectivity index (χ4v) is 9.34. The van der Waals surface area contributed by atoms with Gasteiger partial charge in [-0.2, -0.15) is 0 Å². The number of aliphatic hydroxyl groups is 2. The van der Waals surface area contributed by atoms with Gasteiger partial charge in [0, 0.05) is 12.8 Å². The molecule has 0 aliphatic carbocycles. The molecule has 1 rings (SSSR count). The van der Waals surface area contributed by atoms with Gasteiger partial charge >= 0.3 is 23.9 Å². The fraction of sp³-hybridized carbons (Fsp3) is 0.710. The van der Waals surface area contributed by atoms with Crippen molar-refractivity contribution in [1.82, 2.24) is 0 Å². The van der Waals surface area contributed by atoms with Crippen LogP contribution < -0.4 is 0 Å². The van der Waals surface area contributed by atoms with E-state index in [1.165, 1.54) is 96.3 Å².